The number of rotatable bonds is 4. The Labute approximate surface area is 156 Å². The third kappa shape index (κ3) is 2.73. The first kappa shape index (κ1) is 16.6. The Hall–Kier alpha value is -2.82. The molecule has 3 aromatic carbocycles. The summed E-state index contributed by atoms with van der Waals surface area (Å²) < 4.78 is 0. The molecule has 0 amide bonds. The lowest BCUT2D eigenvalue weighted by molar-refractivity contribution is 0.615. The second-order valence-corrected chi connectivity index (χ2v) is 7.06. The first-order valence-electron chi connectivity index (χ1n) is 9.45. The van der Waals surface area contributed by atoms with Crippen molar-refractivity contribution in [2.75, 3.05) is 0 Å². The molecule has 0 heterocycles. The zero-order valence-electron chi connectivity index (χ0n) is 15.4. The number of hydrogen-bond donors (Lipinski definition) is 0. The lowest BCUT2D eigenvalue weighted by Gasteiger charge is -2.13. The molecule has 0 aliphatic heterocycles. The van der Waals surface area contributed by atoms with E-state index in [4.69, 9.17) is 0 Å². The lowest BCUT2D eigenvalue weighted by atomic mass is 9.90. The predicted octanol–water partition coefficient (Wildman–Crippen LogP) is 6.64. The summed E-state index contributed by atoms with van der Waals surface area (Å²) in [6.07, 6.45) is 1.11. The molecule has 0 nitrogen and oxygen atoms in total. The van der Waals surface area contributed by atoms with E-state index in [0.29, 0.717) is 5.92 Å². The van der Waals surface area contributed by atoms with Crippen LogP contribution in [0, 0.1) is 5.92 Å². The summed E-state index contributed by atoms with van der Waals surface area (Å²) in [5, 5.41) is 0. The summed E-state index contributed by atoms with van der Waals surface area (Å²) in [6, 6.07) is 32.2. The van der Waals surface area contributed by atoms with E-state index < -0.39 is 0 Å². The van der Waals surface area contributed by atoms with Gasteiger partial charge in [0.15, 0.2) is 0 Å². The summed E-state index contributed by atoms with van der Waals surface area (Å²) >= 11 is 0. The maximum atomic E-state index is 3.85. The molecule has 2 atom stereocenters. The lowest BCUT2D eigenvalue weighted by Crippen LogP contribution is -2.07. The summed E-state index contributed by atoms with van der Waals surface area (Å²) in [5.41, 5.74) is 10.5. The minimum absolute atomic E-state index is 0.135. The molecule has 1 fully saturated rings. The SMILES string of the molecule is CC[C@]1(c2ccccc2)C(=C=C(c2ccccc2)c2ccccc2)[C@H]1C. The zero-order valence-corrected chi connectivity index (χ0v) is 15.4. The molecule has 26 heavy (non-hydrogen) atoms. The smallest absolute Gasteiger partial charge is 0.0309 e. The van der Waals surface area contributed by atoms with Crippen LogP contribution in [0.3, 0.4) is 0 Å². The van der Waals surface area contributed by atoms with E-state index in [1.165, 1.54) is 27.8 Å². The van der Waals surface area contributed by atoms with E-state index in [1.807, 2.05) is 0 Å². The standard InChI is InChI=1S/C26H24/c1-3-26(23-17-11-6-12-18-23)20(2)25(26)19-24(21-13-7-4-8-14-21)22-15-9-5-10-16-22/h4-18,20H,3H2,1-2H3/t20-,26+/m1/s1. The number of benzene rings is 3. The average Bonchev–Trinajstić information content (AvgIpc) is 3.31. The van der Waals surface area contributed by atoms with Crippen molar-refractivity contribution in [3.05, 3.63) is 119 Å². The van der Waals surface area contributed by atoms with Crippen molar-refractivity contribution >= 4 is 5.57 Å². The van der Waals surface area contributed by atoms with Crippen molar-refractivity contribution in [2.45, 2.75) is 25.7 Å². The highest BCUT2D eigenvalue weighted by atomic mass is 14.6. The van der Waals surface area contributed by atoms with Crippen molar-refractivity contribution in [1.82, 2.24) is 0 Å². The third-order valence-corrected chi connectivity index (χ3v) is 5.80. The quantitative estimate of drug-likeness (QED) is 0.468. The van der Waals surface area contributed by atoms with E-state index >= 15 is 0 Å². The van der Waals surface area contributed by atoms with Gasteiger partial charge in [-0.2, -0.15) is 0 Å². The Kier molecular flexibility index (Phi) is 4.37. The molecular weight excluding hydrogens is 312 g/mol. The normalized spacial score (nSPS) is 21.2. The molecule has 0 unspecified atom stereocenters. The second kappa shape index (κ2) is 6.83. The van der Waals surface area contributed by atoms with Gasteiger partial charge >= 0.3 is 0 Å². The molecule has 1 saturated carbocycles. The minimum Gasteiger partial charge on any atom is -0.111 e. The van der Waals surface area contributed by atoms with Gasteiger partial charge < -0.3 is 0 Å². The zero-order chi connectivity index (χ0) is 18.0. The Morgan fingerprint density at radius 2 is 1.23 bits per heavy atom. The third-order valence-electron chi connectivity index (χ3n) is 5.80. The Bertz CT molecular complexity index is 903. The van der Waals surface area contributed by atoms with Crippen LogP contribution in [0.2, 0.25) is 0 Å². The molecule has 1 aliphatic rings. The molecule has 0 N–H and O–H groups in total. The highest BCUT2D eigenvalue weighted by Gasteiger charge is 2.56. The van der Waals surface area contributed by atoms with Gasteiger partial charge in [-0.1, -0.05) is 105 Å². The molecule has 0 aromatic heterocycles. The molecule has 0 spiro atoms. The van der Waals surface area contributed by atoms with Crippen molar-refractivity contribution in [3.63, 3.8) is 0 Å². The summed E-state index contributed by atoms with van der Waals surface area (Å²) in [4.78, 5) is 0. The molecule has 3 aromatic rings. The maximum Gasteiger partial charge on any atom is 0.0309 e. The van der Waals surface area contributed by atoms with Crippen LogP contribution in [0.4, 0.5) is 0 Å². The molecule has 0 saturated heterocycles. The monoisotopic (exact) mass is 336 g/mol. The highest BCUT2D eigenvalue weighted by Crippen LogP contribution is 2.61. The van der Waals surface area contributed by atoms with Crippen molar-refractivity contribution < 1.29 is 0 Å². The van der Waals surface area contributed by atoms with E-state index in [9.17, 15) is 0 Å². The van der Waals surface area contributed by atoms with Crippen LogP contribution in [-0.4, -0.2) is 0 Å². The van der Waals surface area contributed by atoms with Crippen LogP contribution in [0.15, 0.2) is 102 Å². The van der Waals surface area contributed by atoms with Gasteiger partial charge in [0.2, 0.25) is 0 Å². The van der Waals surface area contributed by atoms with Crippen LogP contribution in [-0.2, 0) is 5.41 Å². The minimum atomic E-state index is 0.135. The van der Waals surface area contributed by atoms with Crippen LogP contribution in [0.25, 0.3) is 5.57 Å². The van der Waals surface area contributed by atoms with Crippen LogP contribution in [0.1, 0.15) is 37.0 Å². The van der Waals surface area contributed by atoms with E-state index in [0.717, 1.165) is 6.42 Å². The van der Waals surface area contributed by atoms with Crippen LogP contribution in [0.5, 0.6) is 0 Å². The first-order valence-corrected chi connectivity index (χ1v) is 9.45. The topological polar surface area (TPSA) is 0 Å². The second-order valence-electron chi connectivity index (χ2n) is 7.06. The number of hydrogen-bond acceptors (Lipinski definition) is 0. The van der Waals surface area contributed by atoms with Gasteiger partial charge in [0.1, 0.15) is 0 Å². The van der Waals surface area contributed by atoms with Gasteiger partial charge in [0.25, 0.3) is 0 Å². The average molecular weight is 336 g/mol. The summed E-state index contributed by atoms with van der Waals surface area (Å²) in [5.74, 6) is 0.525. The molecule has 1 aliphatic carbocycles. The van der Waals surface area contributed by atoms with Crippen molar-refractivity contribution in [1.29, 1.82) is 0 Å². The molecule has 0 bridgehead atoms. The fourth-order valence-electron chi connectivity index (χ4n) is 4.26. The van der Waals surface area contributed by atoms with Crippen LogP contribution < -0.4 is 0 Å². The molecular formula is C26H24. The van der Waals surface area contributed by atoms with Gasteiger partial charge in [-0.05, 0) is 34.6 Å². The van der Waals surface area contributed by atoms with Gasteiger partial charge in [-0.15, -0.1) is 5.73 Å². The fraction of sp³-hybridized carbons (Fsp3) is 0.192. The maximum absolute atomic E-state index is 3.85. The first-order chi connectivity index (χ1) is 12.8. The van der Waals surface area contributed by atoms with E-state index in [-0.39, 0.29) is 5.41 Å². The largest absolute Gasteiger partial charge is 0.111 e. The molecule has 4 rings (SSSR count). The fourth-order valence-corrected chi connectivity index (χ4v) is 4.26. The molecule has 128 valence electrons. The molecule has 0 radical (unpaired) electrons. The summed E-state index contributed by atoms with van der Waals surface area (Å²) in [6.45, 7) is 4.63. The van der Waals surface area contributed by atoms with E-state index in [1.54, 1.807) is 0 Å². The van der Waals surface area contributed by atoms with Gasteiger partial charge in [0, 0.05) is 11.0 Å². The van der Waals surface area contributed by atoms with E-state index in [2.05, 4.69) is 111 Å². The van der Waals surface area contributed by atoms with Gasteiger partial charge in [-0.25, -0.2) is 0 Å². The van der Waals surface area contributed by atoms with Gasteiger partial charge in [0.05, 0.1) is 0 Å². The van der Waals surface area contributed by atoms with Gasteiger partial charge in [-0.3, -0.25) is 0 Å². The highest BCUT2D eigenvalue weighted by molar-refractivity contribution is 5.80. The van der Waals surface area contributed by atoms with Crippen LogP contribution >= 0.6 is 0 Å². The van der Waals surface area contributed by atoms with Crippen molar-refractivity contribution in [3.8, 4) is 0 Å². The Morgan fingerprint density at radius 3 is 1.69 bits per heavy atom. The Balaban J connectivity index is 1.92. The van der Waals surface area contributed by atoms with Crippen molar-refractivity contribution in [2.24, 2.45) is 5.92 Å². The number of allylic oxidation sites excluding steroid dienone is 1. The predicted molar refractivity (Wildman–Crippen MR) is 110 cm³/mol. The molecule has 0 heteroatoms. The summed E-state index contributed by atoms with van der Waals surface area (Å²) in [7, 11) is 0. The Morgan fingerprint density at radius 1 is 0.769 bits per heavy atom.